The number of ether oxygens (including phenoxy) is 2. The van der Waals surface area contributed by atoms with Crippen molar-refractivity contribution in [3.63, 3.8) is 0 Å². The Morgan fingerprint density at radius 3 is 1.57 bits per heavy atom. The van der Waals surface area contributed by atoms with Crippen LogP contribution in [0.3, 0.4) is 0 Å². The average molecular weight is 393 g/mol. The van der Waals surface area contributed by atoms with Gasteiger partial charge in [-0.15, -0.1) is 0 Å². The van der Waals surface area contributed by atoms with Gasteiger partial charge in [-0.2, -0.15) is 0 Å². The number of methoxy groups -OCH3 is 2. The van der Waals surface area contributed by atoms with Crippen LogP contribution in [-0.4, -0.2) is 25.8 Å². The minimum atomic E-state index is -0.278. The van der Waals surface area contributed by atoms with Crippen molar-refractivity contribution in [3.05, 3.63) is 23.2 Å². The highest BCUT2D eigenvalue weighted by Crippen LogP contribution is 2.25. The van der Waals surface area contributed by atoms with Gasteiger partial charge in [-0.25, -0.2) is 0 Å². The lowest BCUT2D eigenvalue weighted by Crippen LogP contribution is -2.21. The minimum absolute atomic E-state index is 0.117. The Hall–Kier alpha value is -1.58. The number of allylic oxidation sites excluding steroid dienone is 2. The smallest absolute Gasteiger partial charge is 0.227 e. The predicted octanol–water partition coefficient (Wildman–Crippen LogP) is 6.44. The summed E-state index contributed by atoms with van der Waals surface area (Å²) in [6.45, 7) is 2.26. The molecule has 1 aliphatic rings. The first-order valence-electron chi connectivity index (χ1n) is 11.3. The second-order valence-electron chi connectivity index (χ2n) is 7.76. The zero-order valence-corrected chi connectivity index (χ0v) is 18.3. The average Bonchev–Trinajstić information content (AvgIpc) is 2.70. The zero-order valence-electron chi connectivity index (χ0n) is 18.3. The number of rotatable bonds is 17. The number of carbonyl (C=O) groups excluding carboxylic acids is 2. The summed E-state index contributed by atoms with van der Waals surface area (Å²) in [4.78, 5) is 24.4. The van der Waals surface area contributed by atoms with Gasteiger partial charge in [0.05, 0.1) is 14.2 Å². The summed E-state index contributed by atoms with van der Waals surface area (Å²) in [5, 5.41) is 0. The van der Waals surface area contributed by atoms with Gasteiger partial charge in [-0.05, 0) is 12.8 Å². The van der Waals surface area contributed by atoms with Gasteiger partial charge in [0.15, 0.2) is 11.5 Å². The van der Waals surface area contributed by atoms with Gasteiger partial charge >= 0.3 is 0 Å². The maximum atomic E-state index is 12.4. The molecular weight excluding hydrogens is 352 g/mol. The van der Waals surface area contributed by atoms with E-state index in [2.05, 4.69) is 6.92 Å². The molecule has 28 heavy (non-hydrogen) atoms. The Balaban J connectivity index is 2.08. The van der Waals surface area contributed by atoms with E-state index in [0.29, 0.717) is 12.0 Å². The van der Waals surface area contributed by atoms with Gasteiger partial charge in [0, 0.05) is 11.6 Å². The molecule has 0 N–H and O–H groups in total. The Bertz CT molecular complexity index is 531. The zero-order chi connectivity index (χ0) is 20.6. The van der Waals surface area contributed by atoms with Crippen LogP contribution in [0.5, 0.6) is 0 Å². The Labute approximate surface area is 171 Å². The summed E-state index contributed by atoms with van der Waals surface area (Å²) >= 11 is 0. The van der Waals surface area contributed by atoms with Crippen LogP contribution in [0.2, 0.25) is 0 Å². The van der Waals surface area contributed by atoms with Crippen LogP contribution in [0.1, 0.15) is 103 Å². The van der Waals surface area contributed by atoms with Crippen LogP contribution in [0.15, 0.2) is 23.2 Å². The lowest BCUT2D eigenvalue weighted by atomic mass is 9.94. The molecule has 4 heteroatoms. The maximum absolute atomic E-state index is 12.4. The molecule has 0 spiro atoms. The molecule has 0 aliphatic heterocycles. The highest BCUT2D eigenvalue weighted by atomic mass is 16.5. The lowest BCUT2D eigenvalue weighted by molar-refractivity contribution is -0.120. The summed E-state index contributed by atoms with van der Waals surface area (Å²) in [5.74, 6) is -0.195. The monoisotopic (exact) mass is 392 g/mol. The van der Waals surface area contributed by atoms with E-state index in [1.165, 1.54) is 97.3 Å². The lowest BCUT2D eigenvalue weighted by Gasteiger charge is -2.17. The normalized spacial score (nSPS) is 14.5. The topological polar surface area (TPSA) is 52.6 Å². The molecule has 1 rings (SSSR count). The predicted molar refractivity (Wildman–Crippen MR) is 114 cm³/mol. The molecule has 0 radical (unpaired) electrons. The molecule has 0 heterocycles. The number of unbranched alkanes of at least 4 members (excludes halogenated alkanes) is 13. The van der Waals surface area contributed by atoms with Crippen LogP contribution in [0.4, 0.5) is 0 Å². The van der Waals surface area contributed by atoms with Crippen molar-refractivity contribution in [1.29, 1.82) is 0 Å². The van der Waals surface area contributed by atoms with Gasteiger partial charge in [0.1, 0.15) is 0 Å². The molecule has 0 amide bonds. The van der Waals surface area contributed by atoms with Crippen molar-refractivity contribution in [1.82, 2.24) is 0 Å². The largest absolute Gasteiger partial charge is 0.493 e. The SMILES string of the molecule is CCCCCCCCCCCCCCCCC1=C(OC)C(=O)C=C(OC)C1=O. The quantitative estimate of drug-likeness (QED) is 0.211. The number of hydrogen-bond acceptors (Lipinski definition) is 4. The molecule has 0 saturated heterocycles. The number of hydrogen-bond donors (Lipinski definition) is 0. The third-order valence-corrected chi connectivity index (χ3v) is 5.46. The first-order valence-corrected chi connectivity index (χ1v) is 11.3. The number of carbonyl (C=O) groups is 2. The summed E-state index contributed by atoms with van der Waals surface area (Å²) in [5.41, 5.74) is 0.464. The van der Waals surface area contributed by atoms with Crippen molar-refractivity contribution in [2.75, 3.05) is 14.2 Å². The molecule has 0 atom stereocenters. The van der Waals surface area contributed by atoms with Gasteiger partial charge < -0.3 is 9.47 Å². The summed E-state index contributed by atoms with van der Waals surface area (Å²) in [7, 11) is 2.86. The van der Waals surface area contributed by atoms with Crippen molar-refractivity contribution in [2.45, 2.75) is 103 Å². The van der Waals surface area contributed by atoms with Crippen LogP contribution < -0.4 is 0 Å². The van der Waals surface area contributed by atoms with Gasteiger partial charge in [-0.1, -0.05) is 90.4 Å². The fourth-order valence-corrected chi connectivity index (χ4v) is 3.75. The minimum Gasteiger partial charge on any atom is -0.493 e. The number of ketones is 2. The van der Waals surface area contributed by atoms with Gasteiger partial charge in [-0.3, -0.25) is 9.59 Å². The van der Waals surface area contributed by atoms with Crippen LogP contribution in [-0.2, 0) is 19.1 Å². The Morgan fingerprint density at radius 2 is 1.14 bits per heavy atom. The van der Waals surface area contributed by atoms with E-state index in [1.807, 2.05) is 0 Å². The first kappa shape index (κ1) is 24.5. The van der Waals surface area contributed by atoms with Gasteiger partial charge in [0.25, 0.3) is 0 Å². The van der Waals surface area contributed by atoms with E-state index >= 15 is 0 Å². The molecule has 0 aromatic carbocycles. The first-order chi connectivity index (χ1) is 13.7. The van der Waals surface area contributed by atoms with Crippen molar-refractivity contribution in [3.8, 4) is 0 Å². The second-order valence-corrected chi connectivity index (χ2v) is 7.76. The molecule has 0 aromatic rings. The molecule has 1 aliphatic carbocycles. The van der Waals surface area contributed by atoms with E-state index in [9.17, 15) is 9.59 Å². The molecule has 0 fully saturated rings. The standard InChI is InChI=1S/C24H40O4/c1-4-5-6-7-8-9-10-11-12-13-14-15-16-17-18-20-23(26)22(27-2)19-21(25)24(20)28-3/h19H,4-18H2,1-3H3. The van der Waals surface area contributed by atoms with E-state index in [0.717, 1.165) is 12.8 Å². The summed E-state index contributed by atoms with van der Waals surface area (Å²) < 4.78 is 10.2. The molecule has 0 saturated carbocycles. The van der Waals surface area contributed by atoms with Crippen molar-refractivity contribution < 1.29 is 19.1 Å². The summed E-state index contributed by atoms with van der Waals surface area (Å²) in [6.07, 6.45) is 19.9. The molecule has 0 aromatic heterocycles. The van der Waals surface area contributed by atoms with E-state index < -0.39 is 0 Å². The van der Waals surface area contributed by atoms with Crippen LogP contribution in [0, 0.1) is 0 Å². The van der Waals surface area contributed by atoms with E-state index in [-0.39, 0.29) is 23.1 Å². The third-order valence-electron chi connectivity index (χ3n) is 5.46. The Kier molecular flexibility index (Phi) is 13.4. The fourth-order valence-electron chi connectivity index (χ4n) is 3.75. The van der Waals surface area contributed by atoms with Crippen molar-refractivity contribution in [2.24, 2.45) is 0 Å². The molecule has 0 unspecified atom stereocenters. The highest BCUT2D eigenvalue weighted by molar-refractivity contribution is 6.21. The van der Waals surface area contributed by atoms with E-state index in [4.69, 9.17) is 9.47 Å². The van der Waals surface area contributed by atoms with Crippen LogP contribution in [0.25, 0.3) is 0 Å². The highest BCUT2D eigenvalue weighted by Gasteiger charge is 2.29. The van der Waals surface area contributed by atoms with Crippen molar-refractivity contribution >= 4 is 11.6 Å². The molecular formula is C24H40O4. The summed E-state index contributed by atoms with van der Waals surface area (Å²) in [6, 6.07) is 0. The van der Waals surface area contributed by atoms with Gasteiger partial charge in [0.2, 0.25) is 11.6 Å². The number of Topliss-reactive ketones (excluding diaryl/α,β-unsaturated/α-hetero) is 1. The van der Waals surface area contributed by atoms with E-state index in [1.54, 1.807) is 0 Å². The molecule has 160 valence electrons. The maximum Gasteiger partial charge on any atom is 0.227 e. The fraction of sp³-hybridized carbons (Fsp3) is 0.750. The third kappa shape index (κ3) is 9.07. The van der Waals surface area contributed by atoms with Crippen LogP contribution >= 0.6 is 0 Å². The Morgan fingerprint density at radius 1 is 0.679 bits per heavy atom. The molecule has 0 bridgehead atoms. The second kappa shape index (κ2) is 15.4. The molecule has 4 nitrogen and oxygen atoms in total.